The minimum Gasteiger partial charge on any atom is -0.504 e. The van der Waals surface area contributed by atoms with E-state index < -0.39 is 0 Å². The highest BCUT2D eigenvalue weighted by Crippen LogP contribution is 2.31. The van der Waals surface area contributed by atoms with E-state index in [9.17, 15) is 9.90 Å². The zero-order valence-electron chi connectivity index (χ0n) is 15.8. The van der Waals surface area contributed by atoms with Gasteiger partial charge >= 0.3 is 0 Å². The maximum absolute atomic E-state index is 12.5. The van der Waals surface area contributed by atoms with E-state index in [-0.39, 0.29) is 11.3 Å². The van der Waals surface area contributed by atoms with E-state index in [4.69, 9.17) is 9.72 Å². The largest absolute Gasteiger partial charge is 0.504 e. The third-order valence-electron chi connectivity index (χ3n) is 5.81. The highest BCUT2D eigenvalue weighted by atomic mass is 16.5. The molecule has 1 saturated carbocycles. The Bertz CT molecular complexity index is 871. The number of aromatic nitrogens is 2. The van der Waals surface area contributed by atoms with Crippen molar-refractivity contribution in [3.05, 3.63) is 51.2 Å². The minimum atomic E-state index is 0.0438. The number of hydrogen-bond donors (Lipinski definition) is 2. The molecule has 6 nitrogen and oxygen atoms in total. The number of nitrogens with one attached hydrogen (secondary N) is 1. The molecule has 0 bridgehead atoms. The highest BCUT2D eigenvalue weighted by molar-refractivity contribution is 5.41. The molecule has 0 atom stereocenters. The molecule has 1 aliphatic heterocycles. The summed E-state index contributed by atoms with van der Waals surface area (Å²) in [4.78, 5) is 22.8. The van der Waals surface area contributed by atoms with Crippen molar-refractivity contribution in [3.63, 3.8) is 0 Å². The number of hydrogen-bond acceptors (Lipinski definition) is 5. The highest BCUT2D eigenvalue weighted by Gasteiger charge is 2.24. The minimum absolute atomic E-state index is 0.0438. The van der Waals surface area contributed by atoms with Crippen LogP contribution in [0.2, 0.25) is 0 Å². The predicted molar refractivity (Wildman–Crippen MR) is 103 cm³/mol. The number of rotatable bonds is 4. The molecule has 6 heteroatoms. The lowest BCUT2D eigenvalue weighted by molar-refractivity contribution is 0.239. The van der Waals surface area contributed by atoms with Gasteiger partial charge in [-0.3, -0.25) is 9.69 Å². The molecule has 0 spiro atoms. The average molecular weight is 369 g/mol. The lowest BCUT2D eigenvalue weighted by atomic mass is 9.88. The van der Waals surface area contributed by atoms with Crippen molar-refractivity contribution in [3.8, 4) is 11.5 Å². The molecule has 27 heavy (non-hydrogen) atoms. The van der Waals surface area contributed by atoms with Gasteiger partial charge in [0.1, 0.15) is 5.82 Å². The van der Waals surface area contributed by atoms with Crippen molar-refractivity contribution < 1.29 is 9.84 Å². The first-order valence-electron chi connectivity index (χ1n) is 9.84. The number of H-pyrrole nitrogens is 1. The first-order chi connectivity index (χ1) is 13.1. The van der Waals surface area contributed by atoms with E-state index in [1.807, 2.05) is 6.07 Å². The lowest BCUT2D eigenvalue weighted by Crippen LogP contribution is -2.35. The molecular weight excluding hydrogens is 342 g/mol. The van der Waals surface area contributed by atoms with Gasteiger partial charge in [-0.25, -0.2) is 4.98 Å². The Morgan fingerprint density at radius 3 is 2.85 bits per heavy atom. The molecule has 144 valence electrons. The number of phenolic OH excluding ortho intramolecular Hbond substituents is 1. The van der Waals surface area contributed by atoms with Gasteiger partial charge in [-0.15, -0.1) is 0 Å². The van der Waals surface area contributed by atoms with Crippen molar-refractivity contribution in [2.45, 2.75) is 57.5 Å². The number of benzene rings is 1. The fourth-order valence-corrected chi connectivity index (χ4v) is 4.31. The second-order valence-electron chi connectivity index (χ2n) is 7.68. The molecule has 0 radical (unpaired) electrons. The van der Waals surface area contributed by atoms with E-state index >= 15 is 0 Å². The molecule has 2 heterocycles. The summed E-state index contributed by atoms with van der Waals surface area (Å²) in [5.41, 5.74) is 2.82. The Labute approximate surface area is 159 Å². The molecular formula is C21H27N3O3. The smallest absolute Gasteiger partial charge is 0.254 e. The van der Waals surface area contributed by atoms with Gasteiger partial charge in [0.05, 0.1) is 12.8 Å². The molecule has 2 aromatic rings. The monoisotopic (exact) mass is 369 g/mol. The van der Waals surface area contributed by atoms with Gasteiger partial charge in [0.2, 0.25) is 0 Å². The number of aromatic hydroxyl groups is 1. The van der Waals surface area contributed by atoms with E-state index in [0.29, 0.717) is 31.2 Å². The van der Waals surface area contributed by atoms with E-state index in [2.05, 4.69) is 9.88 Å². The van der Waals surface area contributed by atoms with Crippen LogP contribution in [-0.2, 0) is 19.5 Å². The second-order valence-corrected chi connectivity index (χ2v) is 7.68. The molecule has 0 saturated heterocycles. The summed E-state index contributed by atoms with van der Waals surface area (Å²) >= 11 is 0. The Morgan fingerprint density at radius 1 is 1.30 bits per heavy atom. The van der Waals surface area contributed by atoms with Crippen LogP contribution in [-0.4, -0.2) is 33.6 Å². The predicted octanol–water partition coefficient (Wildman–Crippen LogP) is 3.09. The standard InChI is InChI=1S/C21H27N3O3/c1-27-19-8-7-14(11-18(19)25)12-24-10-9-16-17(13-24)22-20(23-21(16)26)15-5-3-2-4-6-15/h7-8,11,15,25H,2-6,9-10,12-13H2,1H3,(H,22,23,26). The molecule has 2 aliphatic rings. The molecule has 1 aromatic heterocycles. The number of nitrogens with zero attached hydrogens (tertiary/aromatic N) is 2. The van der Waals surface area contributed by atoms with Crippen LogP contribution in [0.4, 0.5) is 0 Å². The van der Waals surface area contributed by atoms with Crippen molar-refractivity contribution in [1.82, 2.24) is 14.9 Å². The zero-order valence-corrected chi connectivity index (χ0v) is 15.8. The summed E-state index contributed by atoms with van der Waals surface area (Å²) in [6.45, 7) is 2.20. The first-order valence-corrected chi connectivity index (χ1v) is 9.84. The summed E-state index contributed by atoms with van der Waals surface area (Å²) in [6.07, 6.45) is 6.68. The fourth-order valence-electron chi connectivity index (χ4n) is 4.31. The number of fused-ring (bicyclic) bond motifs is 1. The molecule has 2 N–H and O–H groups in total. The van der Waals surface area contributed by atoms with Crippen LogP contribution >= 0.6 is 0 Å². The van der Waals surface area contributed by atoms with Crippen LogP contribution in [0.3, 0.4) is 0 Å². The van der Waals surface area contributed by atoms with Crippen molar-refractivity contribution >= 4 is 0 Å². The van der Waals surface area contributed by atoms with Crippen LogP contribution in [0.1, 0.15) is 60.7 Å². The van der Waals surface area contributed by atoms with Crippen LogP contribution in [0.15, 0.2) is 23.0 Å². The summed E-state index contributed by atoms with van der Waals surface area (Å²) in [5.74, 6) is 1.91. The Hall–Kier alpha value is -2.34. The third-order valence-corrected chi connectivity index (χ3v) is 5.81. The van der Waals surface area contributed by atoms with E-state index in [0.717, 1.165) is 42.0 Å². The van der Waals surface area contributed by atoms with Gasteiger partial charge in [0, 0.05) is 31.1 Å². The van der Waals surface area contributed by atoms with Crippen LogP contribution < -0.4 is 10.3 Å². The summed E-state index contributed by atoms with van der Waals surface area (Å²) in [5, 5.41) is 9.99. The van der Waals surface area contributed by atoms with E-state index in [1.165, 1.54) is 19.3 Å². The quantitative estimate of drug-likeness (QED) is 0.866. The summed E-state index contributed by atoms with van der Waals surface area (Å²) in [6, 6.07) is 5.49. The maximum atomic E-state index is 12.5. The maximum Gasteiger partial charge on any atom is 0.254 e. The number of ether oxygens (including phenoxy) is 1. The van der Waals surface area contributed by atoms with Gasteiger partial charge in [-0.1, -0.05) is 25.3 Å². The molecule has 1 aliphatic carbocycles. The third kappa shape index (κ3) is 3.86. The topological polar surface area (TPSA) is 78.5 Å². The Morgan fingerprint density at radius 2 is 2.11 bits per heavy atom. The van der Waals surface area contributed by atoms with Crippen molar-refractivity contribution in [2.75, 3.05) is 13.7 Å². The van der Waals surface area contributed by atoms with Crippen molar-refractivity contribution in [1.29, 1.82) is 0 Å². The molecule has 1 fully saturated rings. The molecule has 0 unspecified atom stereocenters. The van der Waals surface area contributed by atoms with Crippen LogP contribution in [0.5, 0.6) is 11.5 Å². The number of aromatic amines is 1. The van der Waals surface area contributed by atoms with Crippen molar-refractivity contribution in [2.24, 2.45) is 0 Å². The van der Waals surface area contributed by atoms with Gasteiger partial charge in [0.25, 0.3) is 5.56 Å². The van der Waals surface area contributed by atoms with Gasteiger partial charge in [-0.2, -0.15) is 0 Å². The number of methoxy groups -OCH3 is 1. The first kappa shape index (κ1) is 18.0. The normalized spacial score (nSPS) is 18.3. The molecule has 1 aromatic carbocycles. The van der Waals surface area contributed by atoms with Gasteiger partial charge < -0.3 is 14.8 Å². The fraction of sp³-hybridized carbons (Fsp3) is 0.524. The Balaban J connectivity index is 1.52. The van der Waals surface area contributed by atoms with Gasteiger partial charge in [0.15, 0.2) is 11.5 Å². The average Bonchev–Trinajstić information content (AvgIpc) is 2.68. The summed E-state index contributed by atoms with van der Waals surface area (Å²) in [7, 11) is 1.55. The van der Waals surface area contributed by atoms with Crippen LogP contribution in [0, 0.1) is 0 Å². The lowest BCUT2D eigenvalue weighted by Gasteiger charge is -2.29. The second kappa shape index (κ2) is 7.72. The number of phenols is 1. The molecule has 4 rings (SSSR count). The van der Waals surface area contributed by atoms with Gasteiger partial charge in [-0.05, 0) is 37.0 Å². The van der Waals surface area contributed by atoms with Crippen LogP contribution in [0.25, 0.3) is 0 Å². The molecule has 0 amide bonds. The SMILES string of the molecule is COc1ccc(CN2CCc3c(nc(C4CCCCC4)[nH]c3=O)C2)cc1O. The summed E-state index contributed by atoms with van der Waals surface area (Å²) < 4.78 is 5.11. The van der Waals surface area contributed by atoms with E-state index in [1.54, 1.807) is 19.2 Å². The zero-order chi connectivity index (χ0) is 18.8. The Kier molecular flexibility index (Phi) is 5.16.